The Morgan fingerprint density at radius 2 is 0.615 bits per heavy atom. The molecule has 0 aliphatic rings. The third-order valence-electron chi connectivity index (χ3n) is 5.60. The van der Waals surface area contributed by atoms with Gasteiger partial charge in [0.15, 0.2) is 0 Å². The van der Waals surface area contributed by atoms with E-state index in [4.69, 9.17) is 0 Å². The molecule has 0 rings (SSSR count). The lowest BCUT2D eigenvalue weighted by Gasteiger charge is -2.03. The molecule has 0 spiro atoms. The average Bonchev–Trinajstić information content (AvgIpc) is 2.66. The van der Waals surface area contributed by atoms with Gasteiger partial charge in [0.1, 0.15) is 0 Å². The first-order valence-corrected chi connectivity index (χ1v) is 12.6. The molecule has 0 amide bonds. The Labute approximate surface area is 167 Å². The second-order valence-corrected chi connectivity index (χ2v) is 8.41. The number of unbranched alkanes of at least 4 members (excludes halogenated alkanes) is 20. The Morgan fingerprint density at radius 1 is 0.308 bits per heavy atom. The summed E-state index contributed by atoms with van der Waals surface area (Å²) in [4.78, 5) is 0. The summed E-state index contributed by atoms with van der Waals surface area (Å²) in [5, 5.41) is 0. The molecule has 0 N–H and O–H groups in total. The van der Waals surface area contributed by atoms with E-state index in [9.17, 15) is 0 Å². The highest BCUT2D eigenvalue weighted by Crippen LogP contribution is 2.14. The van der Waals surface area contributed by atoms with E-state index in [-0.39, 0.29) is 0 Å². The van der Waals surface area contributed by atoms with Crippen LogP contribution in [0.1, 0.15) is 155 Å². The van der Waals surface area contributed by atoms with Gasteiger partial charge in [-0.3, -0.25) is 0 Å². The maximum atomic E-state index is 2.39. The largest absolute Gasteiger partial charge is 0.0885 e. The summed E-state index contributed by atoms with van der Waals surface area (Å²) in [5.74, 6) is 0. The molecule has 0 aromatic carbocycles. The SMILES string of the molecule is CCCC=CCCCCCCCCCCCCCCCCCCCCC. The van der Waals surface area contributed by atoms with Crippen LogP contribution in [0.25, 0.3) is 0 Å². The fourth-order valence-electron chi connectivity index (χ4n) is 3.74. The van der Waals surface area contributed by atoms with E-state index in [1.807, 2.05) is 0 Å². The van der Waals surface area contributed by atoms with Gasteiger partial charge in [0.05, 0.1) is 0 Å². The van der Waals surface area contributed by atoms with Gasteiger partial charge < -0.3 is 0 Å². The van der Waals surface area contributed by atoms with Gasteiger partial charge in [-0.2, -0.15) is 0 Å². The molecule has 26 heavy (non-hydrogen) atoms. The minimum Gasteiger partial charge on any atom is -0.0885 e. The monoisotopic (exact) mass is 364 g/mol. The Balaban J connectivity index is 2.99. The number of hydrogen-bond donors (Lipinski definition) is 0. The lowest BCUT2D eigenvalue weighted by molar-refractivity contribution is 0.523. The summed E-state index contributed by atoms with van der Waals surface area (Å²) in [6, 6.07) is 0. The van der Waals surface area contributed by atoms with E-state index in [0.29, 0.717) is 0 Å². The molecule has 0 saturated heterocycles. The van der Waals surface area contributed by atoms with Crippen molar-refractivity contribution in [2.75, 3.05) is 0 Å². The van der Waals surface area contributed by atoms with Crippen molar-refractivity contribution in [3.8, 4) is 0 Å². The van der Waals surface area contributed by atoms with Crippen LogP contribution in [0.4, 0.5) is 0 Å². The molecular formula is C26H52. The molecule has 0 saturated carbocycles. The summed E-state index contributed by atoms with van der Waals surface area (Å²) in [6.07, 6.45) is 36.4. The third kappa shape index (κ3) is 23.7. The molecule has 0 heterocycles. The highest BCUT2D eigenvalue weighted by molar-refractivity contribution is 4.80. The van der Waals surface area contributed by atoms with Crippen molar-refractivity contribution in [2.24, 2.45) is 0 Å². The second-order valence-electron chi connectivity index (χ2n) is 8.41. The number of hydrogen-bond acceptors (Lipinski definition) is 0. The maximum absolute atomic E-state index is 2.39. The predicted octanol–water partition coefficient (Wildman–Crippen LogP) is 10.2. The van der Waals surface area contributed by atoms with E-state index in [1.165, 1.54) is 141 Å². The molecule has 0 heteroatoms. The normalized spacial score (nSPS) is 11.6. The van der Waals surface area contributed by atoms with Crippen molar-refractivity contribution in [1.29, 1.82) is 0 Å². The Kier molecular flexibility index (Phi) is 24.5. The van der Waals surface area contributed by atoms with Crippen LogP contribution >= 0.6 is 0 Å². The average molecular weight is 365 g/mol. The van der Waals surface area contributed by atoms with Gasteiger partial charge in [-0.1, -0.05) is 148 Å². The van der Waals surface area contributed by atoms with Crippen LogP contribution < -0.4 is 0 Å². The van der Waals surface area contributed by atoms with Crippen LogP contribution in [-0.2, 0) is 0 Å². The van der Waals surface area contributed by atoms with E-state index in [2.05, 4.69) is 26.0 Å². The van der Waals surface area contributed by atoms with Gasteiger partial charge in [0.25, 0.3) is 0 Å². The van der Waals surface area contributed by atoms with Gasteiger partial charge in [0.2, 0.25) is 0 Å². The smallest absolute Gasteiger partial charge is 0.0351 e. The summed E-state index contributed by atoms with van der Waals surface area (Å²) in [5.41, 5.74) is 0. The molecule has 0 aromatic heterocycles. The number of rotatable bonds is 22. The molecular weight excluding hydrogens is 312 g/mol. The molecule has 0 aliphatic heterocycles. The molecule has 0 atom stereocenters. The summed E-state index contributed by atoms with van der Waals surface area (Å²) >= 11 is 0. The molecule has 0 radical (unpaired) electrons. The zero-order chi connectivity index (χ0) is 19.0. The van der Waals surface area contributed by atoms with Crippen molar-refractivity contribution >= 4 is 0 Å². The van der Waals surface area contributed by atoms with Crippen LogP contribution in [0.15, 0.2) is 12.2 Å². The quantitative estimate of drug-likeness (QED) is 0.132. The van der Waals surface area contributed by atoms with Crippen molar-refractivity contribution in [1.82, 2.24) is 0 Å². The zero-order valence-corrected chi connectivity index (χ0v) is 18.7. The molecule has 0 aromatic rings. The Hall–Kier alpha value is -0.260. The highest BCUT2D eigenvalue weighted by atomic mass is 14.0. The first-order valence-electron chi connectivity index (χ1n) is 12.6. The lowest BCUT2D eigenvalue weighted by Crippen LogP contribution is -1.84. The van der Waals surface area contributed by atoms with Crippen molar-refractivity contribution in [3.63, 3.8) is 0 Å². The molecule has 0 nitrogen and oxygen atoms in total. The van der Waals surface area contributed by atoms with E-state index < -0.39 is 0 Å². The van der Waals surface area contributed by atoms with Crippen LogP contribution in [0.2, 0.25) is 0 Å². The molecule has 156 valence electrons. The van der Waals surface area contributed by atoms with Crippen molar-refractivity contribution in [2.45, 2.75) is 155 Å². The topological polar surface area (TPSA) is 0 Å². The van der Waals surface area contributed by atoms with Crippen LogP contribution in [0.3, 0.4) is 0 Å². The molecule has 0 bridgehead atoms. The van der Waals surface area contributed by atoms with Gasteiger partial charge in [-0.05, 0) is 19.3 Å². The lowest BCUT2D eigenvalue weighted by atomic mass is 10.0. The van der Waals surface area contributed by atoms with Gasteiger partial charge >= 0.3 is 0 Å². The van der Waals surface area contributed by atoms with Gasteiger partial charge in [0, 0.05) is 0 Å². The highest BCUT2D eigenvalue weighted by Gasteiger charge is 1.95. The first kappa shape index (κ1) is 25.7. The Bertz CT molecular complexity index is 253. The van der Waals surface area contributed by atoms with Crippen LogP contribution in [0, 0.1) is 0 Å². The summed E-state index contributed by atoms with van der Waals surface area (Å²) in [7, 11) is 0. The van der Waals surface area contributed by atoms with E-state index in [1.54, 1.807) is 0 Å². The fourth-order valence-corrected chi connectivity index (χ4v) is 3.74. The van der Waals surface area contributed by atoms with E-state index in [0.717, 1.165) is 0 Å². The molecule has 0 aliphatic carbocycles. The van der Waals surface area contributed by atoms with Gasteiger partial charge in [-0.15, -0.1) is 0 Å². The summed E-state index contributed by atoms with van der Waals surface area (Å²) < 4.78 is 0. The van der Waals surface area contributed by atoms with Crippen molar-refractivity contribution in [3.05, 3.63) is 12.2 Å². The zero-order valence-electron chi connectivity index (χ0n) is 18.7. The fraction of sp³-hybridized carbons (Fsp3) is 0.923. The minimum atomic E-state index is 1.26. The minimum absolute atomic E-state index is 1.26. The Morgan fingerprint density at radius 3 is 0.962 bits per heavy atom. The predicted molar refractivity (Wildman–Crippen MR) is 122 cm³/mol. The molecule has 0 fully saturated rings. The van der Waals surface area contributed by atoms with Crippen LogP contribution in [0.5, 0.6) is 0 Å². The molecule has 0 unspecified atom stereocenters. The van der Waals surface area contributed by atoms with E-state index >= 15 is 0 Å². The first-order chi connectivity index (χ1) is 12.9. The maximum Gasteiger partial charge on any atom is -0.0351 e. The van der Waals surface area contributed by atoms with Crippen molar-refractivity contribution < 1.29 is 0 Å². The second kappa shape index (κ2) is 24.7. The standard InChI is InChI=1S/C26H52/c1-3-5-7-9-11-13-15-17-19-21-23-25-26-24-22-20-18-16-14-12-10-8-6-4-2/h7,9H,3-6,8,10-26H2,1-2H3. The summed E-state index contributed by atoms with van der Waals surface area (Å²) in [6.45, 7) is 4.55. The van der Waals surface area contributed by atoms with Crippen LogP contribution in [-0.4, -0.2) is 0 Å². The van der Waals surface area contributed by atoms with Gasteiger partial charge in [-0.25, -0.2) is 0 Å². The number of allylic oxidation sites excluding steroid dienone is 2. The third-order valence-corrected chi connectivity index (χ3v) is 5.60.